The standard InChI is InChI=1S/C16H21N3O2S/c1-2-18-13-16(11-17-18)22(20,21)19-9-8-15(12-19)10-14-6-4-3-5-7-14/h3-7,11,13,15H,2,8-10,12H2,1H3. The molecular formula is C16H21N3O2S. The molecule has 0 amide bonds. The van der Waals surface area contributed by atoms with E-state index in [0.717, 1.165) is 12.8 Å². The first-order valence-electron chi connectivity index (χ1n) is 7.66. The average Bonchev–Trinajstić information content (AvgIpc) is 3.17. The van der Waals surface area contributed by atoms with Crippen molar-refractivity contribution in [3.8, 4) is 0 Å². The molecule has 1 unspecified atom stereocenters. The van der Waals surface area contributed by atoms with Gasteiger partial charge in [0, 0.05) is 25.8 Å². The van der Waals surface area contributed by atoms with E-state index >= 15 is 0 Å². The molecule has 0 bridgehead atoms. The van der Waals surface area contributed by atoms with Gasteiger partial charge in [-0.05, 0) is 31.2 Å². The van der Waals surface area contributed by atoms with Crippen LogP contribution in [0.5, 0.6) is 0 Å². The van der Waals surface area contributed by atoms with Crippen molar-refractivity contribution in [1.29, 1.82) is 0 Å². The molecular weight excluding hydrogens is 298 g/mol. The van der Waals surface area contributed by atoms with Gasteiger partial charge in [0.05, 0.1) is 6.20 Å². The van der Waals surface area contributed by atoms with Crippen molar-refractivity contribution < 1.29 is 8.42 Å². The summed E-state index contributed by atoms with van der Waals surface area (Å²) in [5.74, 6) is 0.387. The molecule has 1 saturated heterocycles. The molecule has 118 valence electrons. The van der Waals surface area contributed by atoms with Gasteiger partial charge in [0.2, 0.25) is 10.0 Å². The van der Waals surface area contributed by atoms with Crippen molar-refractivity contribution in [2.24, 2.45) is 5.92 Å². The Morgan fingerprint density at radius 2 is 2.05 bits per heavy atom. The molecule has 5 nitrogen and oxygen atoms in total. The second-order valence-corrected chi connectivity index (χ2v) is 7.68. The van der Waals surface area contributed by atoms with Crippen molar-refractivity contribution >= 4 is 10.0 Å². The molecule has 1 aliphatic rings. The van der Waals surface area contributed by atoms with Gasteiger partial charge in [0.25, 0.3) is 0 Å². The van der Waals surface area contributed by atoms with E-state index in [1.54, 1.807) is 15.2 Å². The van der Waals surface area contributed by atoms with Gasteiger partial charge in [-0.2, -0.15) is 9.40 Å². The Morgan fingerprint density at radius 1 is 1.27 bits per heavy atom. The van der Waals surface area contributed by atoms with Crippen LogP contribution in [-0.2, 0) is 23.0 Å². The number of rotatable bonds is 5. The monoisotopic (exact) mass is 319 g/mol. The van der Waals surface area contributed by atoms with E-state index in [9.17, 15) is 8.42 Å². The highest BCUT2D eigenvalue weighted by Crippen LogP contribution is 2.26. The van der Waals surface area contributed by atoms with Crippen molar-refractivity contribution in [3.05, 3.63) is 48.3 Å². The lowest BCUT2D eigenvalue weighted by Gasteiger charge is -2.15. The molecule has 0 radical (unpaired) electrons. The number of sulfonamides is 1. The smallest absolute Gasteiger partial charge is 0.246 e. The Hall–Kier alpha value is -1.66. The van der Waals surface area contributed by atoms with Crippen LogP contribution in [0.1, 0.15) is 18.9 Å². The van der Waals surface area contributed by atoms with Crippen LogP contribution >= 0.6 is 0 Å². The van der Waals surface area contributed by atoms with Gasteiger partial charge in [0.15, 0.2) is 0 Å². The first kappa shape index (κ1) is 15.2. The molecule has 1 aliphatic heterocycles. The summed E-state index contributed by atoms with van der Waals surface area (Å²) < 4.78 is 28.5. The van der Waals surface area contributed by atoms with E-state index in [1.165, 1.54) is 11.8 Å². The lowest BCUT2D eigenvalue weighted by Crippen LogP contribution is -2.29. The maximum absolute atomic E-state index is 12.6. The van der Waals surface area contributed by atoms with Crippen LogP contribution in [-0.4, -0.2) is 35.6 Å². The second-order valence-electron chi connectivity index (χ2n) is 5.74. The van der Waals surface area contributed by atoms with Gasteiger partial charge < -0.3 is 0 Å². The molecule has 22 heavy (non-hydrogen) atoms. The molecule has 1 fully saturated rings. The Labute approximate surface area is 131 Å². The van der Waals surface area contributed by atoms with Gasteiger partial charge in [-0.3, -0.25) is 4.68 Å². The molecule has 1 aromatic carbocycles. The van der Waals surface area contributed by atoms with Crippen molar-refractivity contribution in [1.82, 2.24) is 14.1 Å². The van der Waals surface area contributed by atoms with Crippen LogP contribution in [0.3, 0.4) is 0 Å². The molecule has 3 rings (SSSR count). The Kier molecular flexibility index (Phi) is 4.31. The van der Waals surface area contributed by atoms with E-state index in [2.05, 4.69) is 17.2 Å². The van der Waals surface area contributed by atoms with Crippen molar-refractivity contribution in [2.75, 3.05) is 13.1 Å². The summed E-state index contributed by atoms with van der Waals surface area (Å²) in [6, 6.07) is 10.3. The quantitative estimate of drug-likeness (QED) is 0.848. The van der Waals surface area contributed by atoms with Gasteiger partial charge in [-0.1, -0.05) is 30.3 Å². The second kappa shape index (κ2) is 6.22. The van der Waals surface area contributed by atoms with Crippen molar-refractivity contribution in [3.63, 3.8) is 0 Å². The molecule has 2 aromatic rings. The van der Waals surface area contributed by atoms with E-state index in [0.29, 0.717) is 30.4 Å². The zero-order chi connectivity index (χ0) is 15.6. The van der Waals surface area contributed by atoms with Crippen LogP contribution in [0.2, 0.25) is 0 Å². The fourth-order valence-electron chi connectivity index (χ4n) is 2.93. The SMILES string of the molecule is CCn1cc(S(=O)(=O)N2CCC(Cc3ccccc3)C2)cn1. The van der Waals surface area contributed by atoms with E-state index < -0.39 is 10.0 Å². The first-order chi connectivity index (χ1) is 10.6. The van der Waals surface area contributed by atoms with E-state index in [-0.39, 0.29) is 0 Å². The third kappa shape index (κ3) is 3.08. The van der Waals surface area contributed by atoms with Gasteiger partial charge in [0.1, 0.15) is 4.90 Å². The topological polar surface area (TPSA) is 55.2 Å². The lowest BCUT2D eigenvalue weighted by atomic mass is 9.99. The highest BCUT2D eigenvalue weighted by Gasteiger charge is 2.33. The summed E-state index contributed by atoms with van der Waals surface area (Å²) in [5, 5.41) is 4.07. The van der Waals surface area contributed by atoms with Crippen LogP contribution in [0.25, 0.3) is 0 Å². The Morgan fingerprint density at radius 3 is 2.73 bits per heavy atom. The highest BCUT2D eigenvalue weighted by atomic mass is 32.2. The van der Waals surface area contributed by atoms with Crippen LogP contribution in [0.4, 0.5) is 0 Å². The number of benzene rings is 1. The van der Waals surface area contributed by atoms with E-state index in [1.807, 2.05) is 25.1 Å². The van der Waals surface area contributed by atoms with Crippen molar-refractivity contribution in [2.45, 2.75) is 31.2 Å². The first-order valence-corrected chi connectivity index (χ1v) is 9.10. The predicted octanol–water partition coefficient (Wildman–Crippen LogP) is 2.16. The summed E-state index contributed by atoms with van der Waals surface area (Å²) in [6.45, 7) is 3.80. The zero-order valence-corrected chi connectivity index (χ0v) is 13.5. The lowest BCUT2D eigenvalue weighted by molar-refractivity contribution is 0.456. The molecule has 0 spiro atoms. The average molecular weight is 319 g/mol. The highest BCUT2D eigenvalue weighted by molar-refractivity contribution is 7.89. The molecule has 0 saturated carbocycles. The summed E-state index contributed by atoms with van der Waals surface area (Å²) in [5.41, 5.74) is 1.27. The zero-order valence-electron chi connectivity index (χ0n) is 12.7. The molecule has 0 N–H and O–H groups in total. The summed E-state index contributed by atoms with van der Waals surface area (Å²) in [7, 11) is -3.40. The maximum Gasteiger partial charge on any atom is 0.246 e. The minimum Gasteiger partial charge on any atom is -0.272 e. The maximum atomic E-state index is 12.6. The predicted molar refractivity (Wildman–Crippen MR) is 84.9 cm³/mol. The molecule has 0 aliphatic carbocycles. The number of aryl methyl sites for hydroxylation is 1. The number of hydrogen-bond acceptors (Lipinski definition) is 3. The number of aromatic nitrogens is 2. The summed E-state index contributed by atoms with van der Waals surface area (Å²) in [4.78, 5) is 0.301. The molecule has 2 heterocycles. The summed E-state index contributed by atoms with van der Waals surface area (Å²) in [6.07, 6.45) is 4.90. The van der Waals surface area contributed by atoms with Crippen LogP contribution in [0.15, 0.2) is 47.6 Å². The fourth-order valence-corrected chi connectivity index (χ4v) is 4.42. The van der Waals surface area contributed by atoms with Gasteiger partial charge in [-0.25, -0.2) is 8.42 Å². The number of hydrogen-bond donors (Lipinski definition) is 0. The molecule has 6 heteroatoms. The van der Waals surface area contributed by atoms with Crippen LogP contribution < -0.4 is 0 Å². The van der Waals surface area contributed by atoms with Crippen LogP contribution in [0, 0.1) is 5.92 Å². The minimum atomic E-state index is -3.40. The molecule has 1 atom stereocenters. The Bertz CT molecular complexity index is 725. The van der Waals surface area contributed by atoms with Gasteiger partial charge in [-0.15, -0.1) is 0 Å². The third-order valence-electron chi connectivity index (χ3n) is 4.19. The molecule has 1 aromatic heterocycles. The van der Waals surface area contributed by atoms with Gasteiger partial charge >= 0.3 is 0 Å². The Balaban J connectivity index is 1.69. The number of nitrogens with zero attached hydrogens (tertiary/aromatic N) is 3. The summed E-state index contributed by atoms with van der Waals surface area (Å²) >= 11 is 0. The normalized spacial score (nSPS) is 19.6. The fraction of sp³-hybridized carbons (Fsp3) is 0.438. The third-order valence-corrected chi connectivity index (χ3v) is 6.01. The largest absolute Gasteiger partial charge is 0.272 e. The van der Waals surface area contributed by atoms with E-state index in [4.69, 9.17) is 0 Å². The minimum absolute atomic E-state index is 0.301.